The largest absolute Gasteiger partial charge is 0.495 e. The zero-order valence-electron chi connectivity index (χ0n) is 9.96. The summed E-state index contributed by atoms with van der Waals surface area (Å²) >= 11 is 5.93. The summed E-state index contributed by atoms with van der Waals surface area (Å²) in [6.45, 7) is 0. The van der Waals surface area contributed by atoms with E-state index in [0.717, 1.165) is 19.3 Å². The van der Waals surface area contributed by atoms with E-state index in [2.05, 4.69) is 0 Å². The molecule has 0 bridgehead atoms. The molecule has 1 aromatic rings. The van der Waals surface area contributed by atoms with Crippen LogP contribution in [0, 0.1) is 0 Å². The quantitative estimate of drug-likeness (QED) is 0.775. The molecule has 3 nitrogen and oxygen atoms in total. The number of rotatable bonds is 4. The van der Waals surface area contributed by atoms with E-state index in [1.54, 1.807) is 25.3 Å². The molecule has 0 aromatic heterocycles. The maximum atomic E-state index is 12.3. The minimum Gasteiger partial charge on any atom is -0.495 e. The Labute approximate surface area is 106 Å². The first-order valence-corrected chi connectivity index (χ1v) is 5.94. The lowest BCUT2D eigenvalue weighted by Gasteiger charge is -2.38. The first-order chi connectivity index (χ1) is 8.13. The molecular formula is C13H15ClO3. The van der Waals surface area contributed by atoms with Crippen LogP contribution in [0.3, 0.4) is 0 Å². The van der Waals surface area contributed by atoms with Gasteiger partial charge in [-0.2, -0.15) is 0 Å². The fraction of sp³-hybridized carbons (Fsp3) is 0.462. The molecule has 0 saturated heterocycles. The second kappa shape index (κ2) is 4.67. The summed E-state index contributed by atoms with van der Waals surface area (Å²) in [4.78, 5) is 12.3. The molecule has 1 aliphatic carbocycles. The number of methoxy groups -OCH3 is 2. The molecule has 0 atom stereocenters. The lowest BCUT2D eigenvalue weighted by atomic mass is 9.75. The van der Waals surface area contributed by atoms with Crippen LogP contribution in [-0.4, -0.2) is 25.6 Å². The van der Waals surface area contributed by atoms with E-state index in [9.17, 15) is 4.79 Å². The molecule has 1 aromatic carbocycles. The number of hydrogen-bond acceptors (Lipinski definition) is 3. The number of halogens is 1. The van der Waals surface area contributed by atoms with Crippen molar-refractivity contribution in [2.45, 2.75) is 24.9 Å². The van der Waals surface area contributed by atoms with Gasteiger partial charge in [0.05, 0.1) is 12.1 Å². The Morgan fingerprint density at radius 2 is 2.06 bits per heavy atom. The summed E-state index contributed by atoms with van der Waals surface area (Å²) in [5.41, 5.74) is -0.0356. The van der Waals surface area contributed by atoms with Crippen molar-refractivity contribution in [2.24, 2.45) is 0 Å². The minimum atomic E-state index is -0.626. The highest BCUT2D eigenvalue weighted by Gasteiger charge is 2.44. The Bertz CT molecular complexity index is 433. The molecule has 0 amide bonds. The molecule has 1 saturated carbocycles. The van der Waals surface area contributed by atoms with Crippen LogP contribution in [-0.2, 0) is 4.74 Å². The second-order valence-electron chi connectivity index (χ2n) is 4.23. The van der Waals surface area contributed by atoms with E-state index >= 15 is 0 Å². The van der Waals surface area contributed by atoms with Gasteiger partial charge in [0, 0.05) is 12.7 Å². The lowest BCUT2D eigenvalue weighted by molar-refractivity contribution is -0.0448. The van der Waals surface area contributed by atoms with Gasteiger partial charge in [0.2, 0.25) is 0 Å². The van der Waals surface area contributed by atoms with E-state index in [1.807, 2.05) is 0 Å². The third kappa shape index (κ3) is 2.05. The molecular weight excluding hydrogens is 240 g/mol. The van der Waals surface area contributed by atoms with Gasteiger partial charge in [-0.15, -0.1) is 0 Å². The van der Waals surface area contributed by atoms with Gasteiger partial charge in [0.1, 0.15) is 11.4 Å². The van der Waals surface area contributed by atoms with Crippen LogP contribution >= 0.6 is 11.6 Å². The topological polar surface area (TPSA) is 35.5 Å². The molecule has 17 heavy (non-hydrogen) atoms. The van der Waals surface area contributed by atoms with Crippen LogP contribution in [0.2, 0.25) is 5.02 Å². The number of carbonyl (C=O) groups excluding carboxylic acids is 1. The lowest BCUT2D eigenvalue weighted by Crippen LogP contribution is -2.47. The van der Waals surface area contributed by atoms with E-state index in [4.69, 9.17) is 21.1 Å². The summed E-state index contributed by atoms with van der Waals surface area (Å²) < 4.78 is 10.5. The van der Waals surface area contributed by atoms with Crippen molar-refractivity contribution in [3.8, 4) is 5.75 Å². The zero-order valence-corrected chi connectivity index (χ0v) is 10.7. The molecule has 0 radical (unpaired) electrons. The van der Waals surface area contributed by atoms with Crippen LogP contribution in [0.1, 0.15) is 29.6 Å². The minimum absolute atomic E-state index is 0.0150. The maximum Gasteiger partial charge on any atom is 0.194 e. The molecule has 0 N–H and O–H groups in total. The molecule has 2 rings (SSSR count). The summed E-state index contributed by atoms with van der Waals surface area (Å²) in [5.74, 6) is 0.532. The van der Waals surface area contributed by atoms with Crippen molar-refractivity contribution in [1.82, 2.24) is 0 Å². The van der Waals surface area contributed by atoms with Gasteiger partial charge in [-0.3, -0.25) is 4.79 Å². The fourth-order valence-corrected chi connectivity index (χ4v) is 2.28. The van der Waals surface area contributed by atoms with Gasteiger partial charge in [-0.1, -0.05) is 11.6 Å². The Morgan fingerprint density at radius 1 is 1.35 bits per heavy atom. The van der Waals surface area contributed by atoms with Crippen molar-refractivity contribution in [2.75, 3.05) is 14.2 Å². The predicted octanol–water partition coefficient (Wildman–Crippen LogP) is 3.10. The average Bonchev–Trinajstić information content (AvgIpc) is 2.29. The third-order valence-electron chi connectivity index (χ3n) is 3.38. The number of hydrogen-bond donors (Lipinski definition) is 0. The maximum absolute atomic E-state index is 12.3. The van der Waals surface area contributed by atoms with Crippen LogP contribution in [0.4, 0.5) is 0 Å². The molecule has 92 valence electrons. The van der Waals surface area contributed by atoms with Gasteiger partial charge < -0.3 is 9.47 Å². The zero-order chi connectivity index (χ0) is 12.5. The van der Waals surface area contributed by atoms with Gasteiger partial charge in [0.25, 0.3) is 0 Å². The summed E-state index contributed by atoms with van der Waals surface area (Å²) in [6, 6.07) is 5.06. The Kier molecular flexibility index (Phi) is 3.40. The van der Waals surface area contributed by atoms with E-state index < -0.39 is 5.60 Å². The first kappa shape index (κ1) is 12.4. The Balaban J connectivity index is 2.31. The molecule has 0 spiro atoms. The highest BCUT2D eigenvalue weighted by Crippen LogP contribution is 2.39. The van der Waals surface area contributed by atoms with Crippen molar-refractivity contribution >= 4 is 17.4 Å². The number of carbonyl (C=O) groups is 1. The smallest absolute Gasteiger partial charge is 0.194 e. The van der Waals surface area contributed by atoms with Gasteiger partial charge in [-0.05, 0) is 37.5 Å². The standard InChI is InChI=1S/C13H15ClO3/c1-16-11-8-9(4-5-10(11)14)12(15)13(17-2)6-3-7-13/h4-5,8H,3,6-7H2,1-2H3. The molecule has 0 heterocycles. The number of ketones is 1. The number of benzene rings is 1. The van der Waals surface area contributed by atoms with Crippen molar-refractivity contribution in [3.05, 3.63) is 28.8 Å². The van der Waals surface area contributed by atoms with Crippen LogP contribution in [0.5, 0.6) is 5.75 Å². The predicted molar refractivity (Wildman–Crippen MR) is 65.9 cm³/mol. The molecule has 1 fully saturated rings. The van der Waals surface area contributed by atoms with Crippen molar-refractivity contribution in [3.63, 3.8) is 0 Å². The summed E-state index contributed by atoms with van der Waals surface area (Å²) in [5, 5.41) is 0.504. The normalized spacial score (nSPS) is 17.4. The Hall–Kier alpha value is -1.06. The molecule has 1 aliphatic rings. The van der Waals surface area contributed by atoms with Crippen molar-refractivity contribution in [1.29, 1.82) is 0 Å². The van der Waals surface area contributed by atoms with E-state index in [1.165, 1.54) is 7.11 Å². The van der Waals surface area contributed by atoms with Crippen LogP contribution < -0.4 is 4.74 Å². The van der Waals surface area contributed by atoms with Gasteiger partial charge in [-0.25, -0.2) is 0 Å². The average molecular weight is 255 g/mol. The fourth-order valence-electron chi connectivity index (χ4n) is 2.09. The molecule has 0 unspecified atom stereocenters. The first-order valence-electron chi connectivity index (χ1n) is 5.56. The number of Topliss-reactive ketones (excluding diaryl/α,β-unsaturated/α-hetero) is 1. The van der Waals surface area contributed by atoms with Gasteiger partial charge >= 0.3 is 0 Å². The highest BCUT2D eigenvalue weighted by molar-refractivity contribution is 6.32. The SMILES string of the molecule is COc1cc(C(=O)C2(OC)CCC2)ccc1Cl. The number of ether oxygens (including phenoxy) is 2. The molecule has 0 aliphatic heterocycles. The van der Waals surface area contributed by atoms with Crippen LogP contribution in [0.15, 0.2) is 18.2 Å². The van der Waals surface area contributed by atoms with Crippen molar-refractivity contribution < 1.29 is 14.3 Å². The van der Waals surface area contributed by atoms with Crippen LogP contribution in [0.25, 0.3) is 0 Å². The van der Waals surface area contributed by atoms with Gasteiger partial charge in [0.15, 0.2) is 5.78 Å². The molecule has 4 heteroatoms. The van der Waals surface area contributed by atoms with E-state index in [-0.39, 0.29) is 5.78 Å². The second-order valence-corrected chi connectivity index (χ2v) is 4.64. The monoisotopic (exact) mass is 254 g/mol. The Morgan fingerprint density at radius 3 is 2.53 bits per heavy atom. The van der Waals surface area contributed by atoms with E-state index in [0.29, 0.717) is 16.3 Å². The highest BCUT2D eigenvalue weighted by atomic mass is 35.5. The summed E-state index contributed by atoms with van der Waals surface area (Å²) in [6.07, 6.45) is 2.60. The summed E-state index contributed by atoms with van der Waals surface area (Å²) in [7, 11) is 3.12. The third-order valence-corrected chi connectivity index (χ3v) is 3.69.